The van der Waals surface area contributed by atoms with E-state index in [1.54, 1.807) is 30.3 Å². The summed E-state index contributed by atoms with van der Waals surface area (Å²) in [6.07, 6.45) is 1.74. The molecule has 2 heterocycles. The van der Waals surface area contributed by atoms with Gasteiger partial charge in [0.1, 0.15) is 23.0 Å². The molecule has 12 heteroatoms. The van der Waals surface area contributed by atoms with Gasteiger partial charge in [0, 0.05) is 6.42 Å². The highest BCUT2D eigenvalue weighted by molar-refractivity contribution is 7.91. The Hall–Kier alpha value is -3.35. The predicted octanol–water partition coefficient (Wildman–Crippen LogP) is 3.43. The average Bonchev–Trinajstić information content (AvgIpc) is 3.13. The number of unbranched alkanes of at least 4 members (excludes halogenated alkanes) is 1. The number of aromatic nitrogens is 2. The quantitative estimate of drug-likeness (QED) is 0.385. The Morgan fingerprint density at radius 3 is 2.02 bits per heavy atom. The minimum atomic E-state index is -4.50. The van der Waals surface area contributed by atoms with Gasteiger partial charge in [0.15, 0.2) is 4.90 Å². The zero-order valence-electron chi connectivity index (χ0n) is 23.8. The van der Waals surface area contributed by atoms with E-state index in [-0.39, 0.29) is 27.9 Å². The Morgan fingerprint density at radius 1 is 0.975 bits per heavy atom. The van der Waals surface area contributed by atoms with Crippen LogP contribution in [0.4, 0.5) is 0 Å². The van der Waals surface area contributed by atoms with Crippen LogP contribution in [0.2, 0.25) is 0 Å². The van der Waals surface area contributed by atoms with Gasteiger partial charge in [-0.15, -0.1) is 0 Å². The molecular weight excluding hydrogens is 535 g/mol. The topological polar surface area (TPSA) is 126 Å². The van der Waals surface area contributed by atoms with Crippen LogP contribution >= 0.6 is 0 Å². The summed E-state index contributed by atoms with van der Waals surface area (Å²) < 4.78 is 51.8. The highest BCUT2D eigenvalue weighted by Crippen LogP contribution is 2.37. The van der Waals surface area contributed by atoms with Crippen LogP contribution in [0.25, 0.3) is 5.69 Å². The molecule has 1 aliphatic heterocycles. The van der Waals surface area contributed by atoms with Crippen LogP contribution in [0.3, 0.4) is 0 Å². The molecule has 0 radical (unpaired) electrons. The molecule has 214 valence electrons. The fourth-order valence-electron chi connectivity index (χ4n) is 4.46. The third-order valence-electron chi connectivity index (χ3n) is 7.46. The van der Waals surface area contributed by atoms with Gasteiger partial charge in [0.05, 0.1) is 30.3 Å². The number of hydrogen-bond acceptors (Lipinski definition) is 9. The van der Waals surface area contributed by atoms with Crippen LogP contribution < -0.4 is 20.5 Å². The van der Waals surface area contributed by atoms with Crippen molar-refractivity contribution in [3.63, 3.8) is 0 Å². The lowest BCUT2D eigenvalue weighted by atomic mass is 9.79. The molecule has 1 aliphatic rings. The molecule has 2 aromatic carbocycles. The molecule has 0 bridgehead atoms. The summed E-state index contributed by atoms with van der Waals surface area (Å²) >= 11 is 0. The molecule has 3 aromatic rings. The minimum Gasteiger partial charge on any atom is -0.494 e. The molecular formula is C28H35BN2O8S. The van der Waals surface area contributed by atoms with Gasteiger partial charge in [0.25, 0.3) is 5.56 Å². The van der Waals surface area contributed by atoms with Crippen molar-refractivity contribution in [3.8, 4) is 23.1 Å². The van der Waals surface area contributed by atoms with Crippen LogP contribution in [-0.4, -0.2) is 55.6 Å². The van der Waals surface area contributed by atoms with Gasteiger partial charge in [-0.25, -0.2) is 8.42 Å². The van der Waals surface area contributed by atoms with E-state index in [1.165, 1.54) is 26.4 Å². The normalized spacial score (nSPS) is 16.2. The van der Waals surface area contributed by atoms with Crippen molar-refractivity contribution in [2.24, 2.45) is 0 Å². The van der Waals surface area contributed by atoms with Crippen molar-refractivity contribution in [3.05, 3.63) is 58.6 Å². The molecule has 1 aromatic heterocycles. The van der Waals surface area contributed by atoms with Crippen molar-refractivity contribution < 1.29 is 32.3 Å². The fourth-order valence-corrected chi connectivity index (χ4v) is 5.80. The number of aromatic hydroxyl groups is 1. The molecule has 0 amide bonds. The number of hydrogen-bond donors (Lipinski definition) is 1. The van der Waals surface area contributed by atoms with Crippen LogP contribution in [0.1, 0.15) is 53.3 Å². The Labute approximate surface area is 234 Å². The Kier molecular flexibility index (Phi) is 8.08. The maximum atomic E-state index is 14.0. The second-order valence-electron chi connectivity index (χ2n) is 10.6. The highest BCUT2D eigenvalue weighted by Gasteiger charge is 2.51. The summed E-state index contributed by atoms with van der Waals surface area (Å²) in [5.41, 5.74) is -1.28. The predicted molar refractivity (Wildman–Crippen MR) is 151 cm³/mol. The average molecular weight is 570 g/mol. The second kappa shape index (κ2) is 10.9. The van der Waals surface area contributed by atoms with Crippen LogP contribution in [0, 0.1) is 0 Å². The number of methoxy groups -OCH3 is 2. The van der Waals surface area contributed by atoms with E-state index in [0.717, 1.165) is 11.0 Å². The van der Waals surface area contributed by atoms with E-state index in [1.807, 2.05) is 34.6 Å². The third-order valence-corrected chi connectivity index (χ3v) is 9.24. The molecule has 0 saturated carbocycles. The molecule has 0 aliphatic carbocycles. The number of nitrogens with zero attached hydrogens (tertiary/aromatic N) is 2. The van der Waals surface area contributed by atoms with E-state index in [2.05, 4.69) is 4.98 Å². The lowest BCUT2D eigenvalue weighted by molar-refractivity contribution is 0.00578. The zero-order valence-corrected chi connectivity index (χ0v) is 24.7. The first-order valence-corrected chi connectivity index (χ1v) is 14.5. The van der Waals surface area contributed by atoms with Gasteiger partial charge in [0.2, 0.25) is 15.7 Å². The Bertz CT molecular complexity index is 1530. The van der Waals surface area contributed by atoms with E-state index in [9.17, 15) is 18.3 Å². The molecule has 1 N–H and O–H groups in total. The summed E-state index contributed by atoms with van der Waals surface area (Å²) in [6.45, 7) is 9.67. The van der Waals surface area contributed by atoms with Crippen molar-refractivity contribution in [2.75, 3.05) is 14.2 Å². The first kappa shape index (κ1) is 29.6. The molecule has 40 heavy (non-hydrogen) atoms. The SMILES string of the molecule is CCCCc1nc(O)c(S(=O)(=O)c2ccc(B3OC(C)(C)C(C)(C)O3)cc2)c(=O)n1-c1c(OC)cccc1OC. The monoisotopic (exact) mass is 570 g/mol. The minimum absolute atomic E-state index is 0.183. The molecule has 4 rings (SSSR count). The molecule has 0 unspecified atom stereocenters. The summed E-state index contributed by atoms with van der Waals surface area (Å²) in [5, 5.41) is 10.8. The van der Waals surface area contributed by atoms with E-state index < -0.39 is 44.5 Å². The van der Waals surface area contributed by atoms with Crippen LogP contribution in [0.15, 0.2) is 57.1 Å². The second-order valence-corrected chi connectivity index (χ2v) is 12.5. The van der Waals surface area contributed by atoms with Gasteiger partial charge < -0.3 is 23.9 Å². The molecule has 1 saturated heterocycles. The van der Waals surface area contributed by atoms with E-state index >= 15 is 0 Å². The number of ether oxygens (including phenoxy) is 2. The van der Waals surface area contributed by atoms with Crippen molar-refractivity contribution in [1.82, 2.24) is 9.55 Å². The molecule has 1 fully saturated rings. The van der Waals surface area contributed by atoms with Crippen LogP contribution in [-0.2, 0) is 25.6 Å². The van der Waals surface area contributed by atoms with E-state index in [0.29, 0.717) is 18.3 Å². The number of sulfone groups is 1. The molecule has 0 spiro atoms. The highest BCUT2D eigenvalue weighted by atomic mass is 32.2. The molecule has 10 nitrogen and oxygen atoms in total. The lowest BCUT2D eigenvalue weighted by Gasteiger charge is -2.32. The Morgan fingerprint density at radius 2 is 1.52 bits per heavy atom. The van der Waals surface area contributed by atoms with Crippen molar-refractivity contribution >= 4 is 22.4 Å². The van der Waals surface area contributed by atoms with Gasteiger partial charge >= 0.3 is 7.12 Å². The van der Waals surface area contributed by atoms with Gasteiger partial charge in [-0.05, 0) is 63.8 Å². The van der Waals surface area contributed by atoms with Gasteiger partial charge in [-0.1, -0.05) is 31.5 Å². The zero-order chi connectivity index (χ0) is 29.5. The van der Waals surface area contributed by atoms with E-state index in [4.69, 9.17) is 18.8 Å². The number of aryl methyl sites for hydroxylation is 1. The van der Waals surface area contributed by atoms with Crippen molar-refractivity contribution in [2.45, 2.75) is 74.9 Å². The largest absolute Gasteiger partial charge is 0.494 e. The Balaban J connectivity index is 1.85. The standard InChI is InChI=1S/C28H35BN2O8S/c1-8-9-13-22-30-25(32)24(26(33)31(22)23-20(36-6)11-10-12-21(23)37-7)40(34,35)19-16-14-18(15-17-19)29-38-27(2,3)28(4,5)39-29/h10-12,14-17,32H,8-9,13H2,1-7H3. The van der Waals surface area contributed by atoms with Crippen molar-refractivity contribution in [1.29, 1.82) is 0 Å². The number of benzene rings is 2. The first-order chi connectivity index (χ1) is 18.8. The van der Waals surface area contributed by atoms with Gasteiger partial charge in [-0.3, -0.25) is 9.36 Å². The maximum Gasteiger partial charge on any atom is 0.494 e. The number of rotatable bonds is 9. The summed E-state index contributed by atoms with van der Waals surface area (Å²) in [5.74, 6) is -0.123. The smallest absolute Gasteiger partial charge is 0.494 e. The molecule has 0 atom stereocenters. The fraction of sp³-hybridized carbons (Fsp3) is 0.429. The summed E-state index contributed by atoms with van der Waals surface area (Å²) in [6, 6.07) is 10.8. The van der Waals surface area contributed by atoms with Gasteiger partial charge in [-0.2, -0.15) is 4.98 Å². The maximum absolute atomic E-state index is 14.0. The summed E-state index contributed by atoms with van der Waals surface area (Å²) in [4.78, 5) is 17.1. The third kappa shape index (κ3) is 5.11. The summed E-state index contributed by atoms with van der Waals surface area (Å²) in [7, 11) is -2.33. The van der Waals surface area contributed by atoms with Crippen LogP contribution in [0.5, 0.6) is 17.4 Å². The first-order valence-electron chi connectivity index (χ1n) is 13.1. The number of para-hydroxylation sites is 1. The lowest BCUT2D eigenvalue weighted by Crippen LogP contribution is -2.41.